The maximum absolute atomic E-state index is 5.86. The minimum absolute atomic E-state index is 0.651. The van der Waals surface area contributed by atoms with E-state index >= 15 is 0 Å². The van der Waals surface area contributed by atoms with E-state index in [1.807, 2.05) is 19.2 Å². The van der Waals surface area contributed by atoms with Gasteiger partial charge in [-0.2, -0.15) is 0 Å². The van der Waals surface area contributed by atoms with Gasteiger partial charge in [0.05, 0.1) is 25.5 Å². The van der Waals surface area contributed by atoms with Crippen LogP contribution in [0, 0.1) is 0 Å². The molecular formula is C16H27NO3. The highest BCUT2D eigenvalue weighted by atomic mass is 16.5. The lowest BCUT2D eigenvalue weighted by Crippen LogP contribution is -2.07. The maximum atomic E-state index is 5.86. The van der Waals surface area contributed by atoms with Crippen LogP contribution in [0.4, 0.5) is 5.69 Å². The molecule has 0 saturated carbocycles. The number of anilines is 1. The van der Waals surface area contributed by atoms with Crippen molar-refractivity contribution in [2.45, 2.75) is 40.0 Å². The summed E-state index contributed by atoms with van der Waals surface area (Å²) < 4.78 is 17.5. The van der Waals surface area contributed by atoms with Gasteiger partial charge < -0.3 is 19.5 Å². The van der Waals surface area contributed by atoms with Gasteiger partial charge in [0.1, 0.15) is 0 Å². The van der Waals surface area contributed by atoms with E-state index in [0.717, 1.165) is 36.4 Å². The molecule has 1 rings (SSSR count). The third-order valence-electron chi connectivity index (χ3n) is 2.71. The monoisotopic (exact) mass is 281 g/mol. The van der Waals surface area contributed by atoms with Crippen LogP contribution in [-0.4, -0.2) is 26.9 Å². The number of hydrogen-bond acceptors (Lipinski definition) is 4. The first kappa shape index (κ1) is 16.5. The summed E-state index contributed by atoms with van der Waals surface area (Å²) in [6, 6.07) is 3.90. The Labute approximate surface area is 122 Å². The van der Waals surface area contributed by atoms with Crippen molar-refractivity contribution >= 4 is 5.69 Å². The van der Waals surface area contributed by atoms with Gasteiger partial charge in [-0.15, -0.1) is 0 Å². The number of ether oxygens (including phenoxy) is 3. The molecule has 0 aliphatic carbocycles. The molecule has 0 unspecified atom stereocenters. The van der Waals surface area contributed by atoms with Crippen LogP contribution in [-0.2, 0) is 0 Å². The summed E-state index contributed by atoms with van der Waals surface area (Å²) in [5.41, 5.74) is 0.924. The van der Waals surface area contributed by atoms with Crippen molar-refractivity contribution in [3.8, 4) is 17.2 Å². The summed E-state index contributed by atoms with van der Waals surface area (Å²) in [4.78, 5) is 0. The van der Waals surface area contributed by atoms with Crippen molar-refractivity contribution in [2.24, 2.45) is 0 Å². The van der Waals surface area contributed by atoms with Gasteiger partial charge in [-0.25, -0.2) is 0 Å². The quantitative estimate of drug-likeness (QED) is 0.701. The van der Waals surface area contributed by atoms with E-state index < -0.39 is 0 Å². The minimum atomic E-state index is 0.651. The van der Waals surface area contributed by atoms with Crippen LogP contribution in [0.25, 0.3) is 0 Å². The van der Waals surface area contributed by atoms with E-state index in [1.165, 1.54) is 0 Å². The number of rotatable bonds is 10. The molecule has 0 bridgehead atoms. The van der Waals surface area contributed by atoms with Gasteiger partial charge in [0.25, 0.3) is 0 Å². The Morgan fingerprint density at radius 3 is 1.90 bits per heavy atom. The zero-order chi connectivity index (χ0) is 14.8. The molecule has 114 valence electrons. The molecule has 0 spiro atoms. The molecule has 20 heavy (non-hydrogen) atoms. The Morgan fingerprint density at radius 2 is 1.35 bits per heavy atom. The van der Waals surface area contributed by atoms with Crippen molar-refractivity contribution in [1.82, 2.24) is 0 Å². The van der Waals surface area contributed by atoms with Crippen LogP contribution >= 0.6 is 0 Å². The summed E-state index contributed by atoms with van der Waals surface area (Å²) in [7, 11) is 1.88. The molecule has 0 atom stereocenters. The summed E-state index contributed by atoms with van der Waals surface area (Å²) in [5.74, 6) is 2.21. The highest BCUT2D eigenvalue weighted by Crippen LogP contribution is 2.43. The lowest BCUT2D eigenvalue weighted by atomic mass is 10.2. The van der Waals surface area contributed by atoms with Crippen LogP contribution in [0.3, 0.4) is 0 Å². The standard InChI is InChI=1S/C16H27NO3/c1-5-10-18-14-9-8-13(17-4)15(19-11-6-2)16(14)20-12-7-3/h8-9,17H,5-7,10-12H2,1-4H3. The van der Waals surface area contributed by atoms with Crippen LogP contribution in [0.15, 0.2) is 12.1 Å². The summed E-state index contributed by atoms with van der Waals surface area (Å²) in [5, 5.41) is 3.14. The predicted octanol–water partition coefficient (Wildman–Crippen LogP) is 4.09. The number of hydrogen-bond donors (Lipinski definition) is 1. The molecule has 1 aromatic rings. The second-order valence-electron chi connectivity index (χ2n) is 4.56. The van der Waals surface area contributed by atoms with E-state index in [9.17, 15) is 0 Å². The molecule has 1 aromatic carbocycles. The highest BCUT2D eigenvalue weighted by Gasteiger charge is 2.17. The maximum Gasteiger partial charge on any atom is 0.205 e. The third kappa shape index (κ3) is 4.51. The fourth-order valence-electron chi connectivity index (χ4n) is 1.76. The lowest BCUT2D eigenvalue weighted by molar-refractivity contribution is 0.243. The van der Waals surface area contributed by atoms with Gasteiger partial charge in [-0.05, 0) is 31.4 Å². The predicted molar refractivity (Wildman–Crippen MR) is 83.3 cm³/mol. The average Bonchev–Trinajstić information content (AvgIpc) is 2.48. The Kier molecular flexibility index (Phi) is 7.70. The smallest absolute Gasteiger partial charge is 0.205 e. The molecule has 0 aliphatic rings. The van der Waals surface area contributed by atoms with E-state index in [0.29, 0.717) is 25.6 Å². The van der Waals surface area contributed by atoms with Gasteiger partial charge >= 0.3 is 0 Å². The molecule has 0 amide bonds. The average molecular weight is 281 g/mol. The van der Waals surface area contributed by atoms with E-state index in [1.54, 1.807) is 0 Å². The van der Waals surface area contributed by atoms with Crippen LogP contribution in [0.2, 0.25) is 0 Å². The first-order chi connectivity index (χ1) is 9.78. The highest BCUT2D eigenvalue weighted by molar-refractivity contribution is 5.67. The molecule has 0 aliphatic heterocycles. The van der Waals surface area contributed by atoms with Gasteiger partial charge in [0, 0.05) is 7.05 Å². The molecule has 0 aromatic heterocycles. The summed E-state index contributed by atoms with van der Waals surface area (Å²) in [6.45, 7) is 8.24. The molecule has 0 heterocycles. The Balaban J connectivity index is 3.09. The fraction of sp³-hybridized carbons (Fsp3) is 0.625. The first-order valence-electron chi connectivity index (χ1n) is 7.51. The van der Waals surface area contributed by atoms with Crippen LogP contribution in [0.5, 0.6) is 17.2 Å². The zero-order valence-electron chi connectivity index (χ0n) is 13.1. The summed E-state index contributed by atoms with van der Waals surface area (Å²) >= 11 is 0. The van der Waals surface area contributed by atoms with E-state index in [-0.39, 0.29) is 0 Å². The van der Waals surface area contributed by atoms with Crippen molar-refractivity contribution < 1.29 is 14.2 Å². The van der Waals surface area contributed by atoms with Crippen molar-refractivity contribution in [3.63, 3.8) is 0 Å². The van der Waals surface area contributed by atoms with Gasteiger partial charge in [-0.3, -0.25) is 0 Å². The lowest BCUT2D eigenvalue weighted by Gasteiger charge is -2.19. The first-order valence-corrected chi connectivity index (χ1v) is 7.51. The third-order valence-corrected chi connectivity index (χ3v) is 2.71. The van der Waals surface area contributed by atoms with Crippen molar-refractivity contribution in [1.29, 1.82) is 0 Å². The normalized spacial score (nSPS) is 10.2. The Hall–Kier alpha value is -1.58. The second kappa shape index (κ2) is 9.34. The Bertz CT molecular complexity index is 394. The molecule has 4 heteroatoms. The molecule has 4 nitrogen and oxygen atoms in total. The molecular weight excluding hydrogens is 254 g/mol. The van der Waals surface area contributed by atoms with Crippen molar-refractivity contribution in [2.75, 3.05) is 32.2 Å². The minimum Gasteiger partial charge on any atom is -0.490 e. The molecule has 0 radical (unpaired) electrons. The van der Waals surface area contributed by atoms with E-state index in [4.69, 9.17) is 14.2 Å². The van der Waals surface area contributed by atoms with Crippen molar-refractivity contribution in [3.05, 3.63) is 12.1 Å². The van der Waals surface area contributed by atoms with Gasteiger partial charge in [0.15, 0.2) is 11.5 Å². The van der Waals surface area contributed by atoms with Gasteiger partial charge in [0.2, 0.25) is 5.75 Å². The zero-order valence-corrected chi connectivity index (χ0v) is 13.1. The Morgan fingerprint density at radius 1 is 0.800 bits per heavy atom. The van der Waals surface area contributed by atoms with Crippen LogP contribution < -0.4 is 19.5 Å². The van der Waals surface area contributed by atoms with Crippen LogP contribution in [0.1, 0.15) is 40.0 Å². The number of benzene rings is 1. The largest absolute Gasteiger partial charge is 0.490 e. The fourth-order valence-corrected chi connectivity index (χ4v) is 1.76. The van der Waals surface area contributed by atoms with E-state index in [2.05, 4.69) is 26.1 Å². The molecule has 1 N–H and O–H groups in total. The number of nitrogens with one attached hydrogen (secondary N) is 1. The topological polar surface area (TPSA) is 39.7 Å². The molecule has 0 saturated heterocycles. The van der Waals surface area contributed by atoms with Gasteiger partial charge in [-0.1, -0.05) is 20.8 Å². The summed E-state index contributed by atoms with van der Waals surface area (Å²) in [6.07, 6.45) is 2.87. The molecule has 0 fully saturated rings. The SMILES string of the molecule is CCCOc1ccc(NC)c(OCCC)c1OCCC. The second-order valence-corrected chi connectivity index (χ2v) is 4.56.